The second-order valence-electron chi connectivity index (χ2n) is 8.98. The third kappa shape index (κ3) is 4.34. The van der Waals surface area contributed by atoms with Gasteiger partial charge in [-0.3, -0.25) is 4.79 Å². The number of piperidine rings is 1. The van der Waals surface area contributed by atoms with Crippen LogP contribution in [0.5, 0.6) is 5.75 Å². The van der Waals surface area contributed by atoms with Gasteiger partial charge in [0.1, 0.15) is 28.8 Å². The van der Waals surface area contributed by atoms with E-state index in [1.807, 2.05) is 4.90 Å². The van der Waals surface area contributed by atoms with E-state index in [1.54, 1.807) is 6.20 Å². The molecule has 1 aliphatic heterocycles. The molecular weight excluding hydrogens is 459 g/mol. The lowest BCUT2D eigenvalue weighted by molar-refractivity contribution is 0.163. The van der Waals surface area contributed by atoms with Gasteiger partial charge in [0.15, 0.2) is 17.4 Å². The molecule has 10 heteroatoms. The van der Waals surface area contributed by atoms with Crippen LogP contribution in [0, 0.1) is 28.8 Å². The molecule has 1 saturated heterocycles. The van der Waals surface area contributed by atoms with Crippen molar-refractivity contribution >= 4 is 5.82 Å². The van der Waals surface area contributed by atoms with E-state index in [2.05, 4.69) is 16.0 Å². The lowest BCUT2D eigenvalue weighted by atomic mass is 10.0. The Hall–Kier alpha value is -3.87. The van der Waals surface area contributed by atoms with Crippen molar-refractivity contribution in [3.05, 3.63) is 70.2 Å². The maximum atomic E-state index is 14.9. The summed E-state index contributed by atoms with van der Waals surface area (Å²) in [4.78, 5) is 23.1. The SMILES string of the molecule is Cn1cc(-c2nc(C3(C#N)CC3)cnc2N2CCC(Oc3ccc(F)cc3F)CC2)c(F)cc1=O. The Morgan fingerprint density at radius 1 is 1.14 bits per heavy atom. The van der Waals surface area contributed by atoms with E-state index in [-0.39, 0.29) is 23.1 Å². The molecule has 0 spiro atoms. The van der Waals surface area contributed by atoms with Crippen molar-refractivity contribution < 1.29 is 17.9 Å². The number of rotatable bonds is 5. The van der Waals surface area contributed by atoms with Gasteiger partial charge in [0.2, 0.25) is 0 Å². The van der Waals surface area contributed by atoms with Gasteiger partial charge in [0.05, 0.1) is 23.5 Å². The molecule has 0 N–H and O–H groups in total. The number of hydrogen-bond donors (Lipinski definition) is 0. The molecule has 5 rings (SSSR count). The molecule has 3 heterocycles. The first-order chi connectivity index (χ1) is 16.8. The van der Waals surface area contributed by atoms with Crippen LogP contribution in [0.2, 0.25) is 0 Å². The topological polar surface area (TPSA) is 84.0 Å². The standard InChI is InChI=1S/C25H22F3N5O2/c1-32-13-17(18(27)11-22(32)34)23-24(30-12-21(31-23)25(14-29)6-7-25)33-8-4-16(5-9-33)35-20-3-2-15(26)10-19(20)28/h2-3,10-13,16H,4-9H2,1H3. The Morgan fingerprint density at radius 2 is 1.89 bits per heavy atom. The molecule has 0 unspecified atom stereocenters. The van der Waals surface area contributed by atoms with Crippen molar-refractivity contribution in [2.24, 2.45) is 7.05 Å². The summed E-state index contributed by atoms with van der Waals surface area (Å²) >= 11 is 0. The Kier molecular flexibility index (Phi) is 5.71. The number of anilines is 1. The quantitative estimate of drug-likeness (QED) is 0.550. The predicted octanol–water partition coefficient (Wildman–Crippen LogP) is 3.86. The fourth-order valence-electron chi connectivity index (χ4n) is 4.29. The molecule has 7 nitrogen and oxygen atoms in total. The van der Waals surface area contributed by atoms with Gasteiger partial charge in [-0.15, -0.1) is 0 Å². The summed E-state index contributed by atoms with van der Waals surface area (Å²) < 4.78 is 49.1. The minimum absolute atomic E-state index is 0.00630. The zero-order valence-corrected chi connectivity index (χ0v) is 19.0. The molecular formula is C25H22F3N5O2. The van der Waals surface area contributed by atoms with Crippen LogP contribution in [-0.2, 0) is 12.5 Å². The summed E-state index contributed by atoms with van der Waals surface area (Å²) in [5, 5.41) is 9.60. The van der Waals surface area contributed by atoms with Gasteiger partial charge in [-0.25, -0.2) is 23.1 Å². The first-order valence-electron chi connectivity index (χ1n) is 11.3. The molecule has 1 aromatic carbocycles. The van der Waals surface area contributed by atoms with Crippen molar-refractivity contribution in [3.8, 4) is 23.1 Å². The van der Waals surface area contributed by atoms with E-state index in [0.29, 0.717) is 50.3 Å². The van der Waals surface area contributed by atoms with Gasteiger partial charge in [-0.2, -0.15) is 5.26 Å². The van der Waals surface area contributed by atoms with E-state index in [0.717, 1.165) is 18.2 Å². The van der Waals surface area contributed by atoms with Crippen LogP contribution in [0.1, 0.15) is 31.4 Å². The minimum Gasteiger partial charge on any atom is -0.487 e. The Balaban J connectivity index is 1.43. The molecule has 0 radical (unpaired) electrons. The molecule has 1 aliphatic carbocycles. The molecule has 3 aromatic rings. The fraction of sp³-hybridized carbons (Fsp3) is 0.360. The van der Waals surface area contributed by atoms with Crippen LogP contribution in [0.25, 0.3) is 11.3 Å². The van der Waals surface area contributed by atoms with E-state index in [1.165, 1.54) is 23.9 Å². The van der Waals surface area contributed by atoms with Crippen molar-refractivity contribution in [1.82, 2.24) is 14.5 Å². The Labute approximate surface area is 199 Å². The van der Waals surface area contributed by atoms with E-state index < -0.39 is 28.4 Å². The number of halogens is 3. The largest absolute Gasteiger partial charge is 0.487 e. The van der Waals surface area contributed by atoms with E-state index >= 15 is 0 Å². The Bertz CT molecular complexity index is 1390. The third-order valence-corrected chi connectivity index (χ3v) is 6.57. The normalized spacial score (nSPS) is 17.2. The number of nitriles is 1. The van der Waals surface area contributed by atoms with Crippen LogP contribution in [0.15, 0.2) is 41.5 Å². The zero-order chi connectivity index (χ0) is 24.7. The lowest BCUT2D eigenvalue weighted by Gasteiger charge is -2.34. The molecule has 0 bridgehead atoms. The first-order valence-corrected chi connectivity index (χ1v) is 11.3. The summed E-state index contributed by atoms with van der Waals surface area (Å²) in [5.74, 6) is -1.71. The predicted molar refractivity (Wildman–Crippen MR) is 121 cm³/mol. The highest BCUT2D eigenvalue weighted by molar-refractivity contribution is 5.72. The molecule has 1 saturated carbocycles. The van der Waals surface area contributed by atoms with Crippen LogP contribution in [0.3, 0.4) is 0 Å². The molecule has 0 amide bonds. The maximum absolute atomic E-state index is 14.9. The average molecular weight is 481 g/mol. The lowest BCUT2D eigenvalue weighted by Crippen LogP contribution is -2.39. The summed E-state index contributed by atoms with van der Waals surface area (Å²) in [5.41, 5.74) is -0.328. The number of pyridine rings is 1. The highest BCUT2D eigenvalue weighted by Crippen LogP contribution is 2.47. The summed E-state index contributed by atoms with van der Waals surface area (Å²) in [6, 6.07) is 6.38. The Morgan fingerprint density at radius 3 is 2.54 bits per heavy atom. The molecule has 180 valence electrons. The van der Waals surface area contributed by atoms with Gasteiger partial charge >= 0.3 is 0 Å². The number of hydrogen-bond acceptors (Lipinski definition) is 6. The molecule has 2 aromatic heterocycles. The minimum atomic E-state index is -0.757. The second kappa shape index (κ2) is 8.73. The monoisotopic (exact) mass is 481 g/mol. The molecule has 2 aliphatic rings. The van der Waals surface area contributed by atoms with E-state index in [9.17, 15) is 23.2 Å². The van der Waals surface area contributed by atoms with Crippen molar-refractivity contribution in [2.45, 2.75) is 37.2 Å². The molecule has 0 atom stereocenters. The zero-order valence-electron chi connectivity index (χ0n) is 19.0. The third-order valence-electron chi connectivity index (χ3n) is 6.57. The van der Waals surface area contributed by atoms with Gasteiger partial charge in [-0.1, -0.05) is 0 Å². The van der Waals surface area contributed by atoms with Crippen molar-refractivity contribution in [2.75, 3.05) is 18.0 Å². The molecule has 2 fully saturated rings. The van der Waals surface area contributed by atoms with Gasteiger partial charge in [-0.05, 0) is 25.0 Å². The van der Waals surface area contributed by atoms with Crippen molar-refractivity contribution in [1.29, 1.82) is 5.26 Å². The second-order valence-corrected chi connectivity index (χ2v) is 8.98. The fourth-order valence-corrected chi connectivity index (χ4v) is 4.29. The van der Waals surface area contributed by atoms with Crippen molar-refractivity contribution in [3.63, 3.8) is 0 Å². The van der Waals surface area contributed by atoms with Crippen LogP contribution >= 0.6 is 0 Å². The number of aromatic nitrogens is 3. The number of benzene rings is 1. The first kappa shape index (κ1) is 22.9. The number of nitrogens with zero attached hydrogens (tertiary/aromatic N) is 5. The summed E-state index contributed by atoms with van der Waals surface area (Å²) in [6.45, 7) is 0.955. The number of ether oxygens (including phenoxy) is 1. The van der Waals surface area contributed by atoms with Crippen LogP contribution in [0.4, 0.5) is 19.0 Å². The smallest absolute Gasteiger partial charge is 0.253 e. The van der Waals surface area contributed by atoms with Gasteiger partial charge in [0, 0.05) is 51.3 Å². The summed E-state index contributed by atoms with van der Waals surface area (Å²) in [6.07, 6.45) is 5.03. The molecule has 35 heavy (non-hydrogen) atoms. The highest BCUT2D eigenvalue weighted by Gasteiger charge is 2.47. The van der Waals surface area contributed by atoms with Crippen LogP contribution in [-0.4, -0.2) is 33.7 Å². The average Bonchev–Trinajstić information content (AvgIpc) is 3.65. The van der Waals surface area contributed by atoms with Gasteiger partial charge < -0.3 is 14.2 Å². The summed E-state index contributed by atoms with van der Waals surface area (Å²) in [7, 11) is 1.53. The van der Waals surface area contributed by atoms with Crippen LogP contribution < -0.4 is 15.2 Å². The number of aryl methyl sites for hydroxylation is 1. The van der Waals surface area contributed by atoms with E-state index in [4.69, 9.17) is 4.74 Å². The highest BCUT2D eigenvalue weighted by atomic mass is 19.1. The van der Waals surface area contributed by atoms with Gasteiger partial charge in [0.25, 0.3) is 5.56 Å². The maximum Gasteiger partial charge on any atom is 0.253 e.